The number of nitrogen functional groups attached to an aromatic ring is 1. The number of aromatic nitrogens is 2. The van der Waals surface area contributed by atoms with Crippen molar-refractivity contribution in [3.05, 3.63) is 40.5 Å². The van der Waals surface area contributed by atoms with Gasteiger partial charge in [-0.25, -0.2) is 9.97 Å². The van der Waals surface area contributed by atoms with Gasteiger partial charge in [-0.1, -0.05) is 35.5 Å². The summed E-state index contributed by atoms with van der Waals surface area (Å²) in [6, 6.07) is 5.78. The molecule has 2 rings (SSSR count). The number of nitrogens with two attached hydrogens (primary N) is 1. The van der Waals surface area contributed by atoms with Crippen LogP contribution >= 0.6 is 23.4 Å². The first-order chi connectivity index (χ1) is 9.11. The maximum Gasteiger partial charge on any atom is 0.189 e. The average molecular weight is 295 g/mol. The third kappa shape index (κ3) is 3.30. The Hall–Kier alpha value is -1.46. The molecule has 1 aromatic heterocycles. The first-order valence-corrected chi connectivity index (χ1v) is 7.36. The molecule has 3 N–H and O–H groups in total. The lowest BCUT2D eigenvalue weighted by Gasteiger charge is -2.12. The summed E-state index contributed by atoms with van der Waals surface area (Å²) in [6.45, 7) is 2.55. The summed E-state index contributed by atoms with van der Waals surface area (Å²) in [5, 5.41) is 4.65. The van der Waals surface area contributed by atoms with Crippen molar-refractivity contribution in [2.75, 3.05) is 17.3 Å². The summed E-state index contributed by atoms with van der Waals surface area (Å²) in [4.78, 5) is 8.42. The molecule has 0 aliphatic carbocycles. The number of anilines is 2. The van der Waals surface area contributed by atoms with Gasteiger partial charge < -0.3 is 11.1 Å². The van der Waals surface area contributed by atoms with Crippen molar-refractivity contribution in [3.8, 4) is 0 Å². The van der Waals surface area contributed by atoms with E-state index in [2.05, 4.69) is 15.3 Å². The zero-order valence-corrected chi connectivity index (χ0v) is 12.3. The smallest absolute Gasteiger partial charge is 0.189 e. The zero-order chi connectivity index (χ0) is 13.8. The number of nitrogens with zero attached hydrogens (tertiary/aromatic N) is 2. The first-order valence-electron chi connectivity index (χ1n) is 5.76. The largest absolute Gasteiger partial charge is 0.383 e. The highest BCUT2D eigenvalue weighted by Gasteiger charge is 2.06. The van der Waals surface area contributed by atoms with E-state index < -0.39 is 0 Å². The van der Waals surface area contributed by atoms with Crippen LogP contribution in [0.1, 0.15) is 11.1 Å². The molecular weight excluding hydrogens is 280 g/mol. The zero-order valence-electron chi connectivity index (χ0n) is 10.8. The third-order valence-corrected chi connectivity index (χ3v) is 3.61. The Morgan fingerprint density at radius 2 is 2.21 bits per heavy atom. The Morgan fingerprint density at radius 3 is 2.84 bits per heavy atom. The van der Waals surface area contributed by atoms with Crippen LogP contribution in [0, 0.1) is 6.92 Å². The highest BCUT2D eigenvalue weighted by molar-refractivity contribution is 7.98. The molecule has 4 nitrogen and oxygen atoms in total. The molecule has 0 unspecified atom stereocenters. The predicted molar refractivity (Wildman–Crippen MR) is 81.7 cm³/mol. The molecule has 0 aliphatic rings. The van der Waals surface area contributed by atoms with Gasteiger partial charge in [0.25, 0.3) is 0 Å². The van der Waals surface area contributed by atoms with Crippen LogP contribution in [0.25, 0.3) is 0 Å². The Labute approximate surface area is 121 Å². The Balaban J connectivity index is 2.15. The Kier molecular flexibility index (Phi) is 4.50. The highest BCUT2D eigenvalue weighted by Crippen LogP contribution is 2.26. The van der Waals surface area contributed by atoms with Gasteiger partial charge in [-0.15, -0.1) is 0 Å². The molecule has 100 valence electrons. The van der Waals surface area contributed by atoms with Crippen molar-refractivity contribution < 1.29 is 0 Å². The minimum absolute atomic E-state index is 0.497. The third-order valence-electron chi connectivity index (χ3n) is 2.74. The van der Waals surface area contributed by atoms with Crippen molar-refractivity contribution in [1.29, 1.82) is 0 Å². The molecule has 1 aromatic carbocycles. The lowest BCUT2D eigenvalue weighted by molar-refractivity contribution is 0.940. The number of aryl methyl sites for hydroxylation is 1. The van der Waals surface area contributed by atoms with E-state index in [0.717, 1.165) is 16.8 Å². The quantitative estimate of drug-likeness (QED) is 0.669. The fraction of sp³-hybridized carbons (Fsp3) is 0.231. The van der Waals surface area contributed by atoms with Crippen LogP contribution in [0.5, 0.6) is 0 Å². The number of hydrogen-bond acceptors (Lipinski definition) is 5. The van der Waals surface area contributed by atoms with Gasteiger partial charge in [0.05, 0.1) is 10.7 Å². The van der Waals surface area contributed by atoms with E-state index in [4.69, 9.17) is 17.3 Å². The van der Waals surface area contributed by atoms with Crippen molar-refractivity contribution in [2.24, 2.45) is 0 Å². The number of nitrogens with one attached hydrogen (secondary N) is 1. The maximum absolute atomic E-state index is 6.15. The molecule has 1 heterocycles. The van der Waals surface area contributed by atoms with Crippen molar-refractivity contribution in [3.63, 3.8) is 0 Å². The van der Waals surface area contributed by atoms with E-state index in [0.29, 0.717) is 22.5 Å². The molecule has 2 aromatic rings. The Bertz CT molecular complexity index is 569. The molecule has 0 radical (unpaired) electrons. The molecule has 0 spiro atoms. The molecule has 0 bridgehead atoms. The van der Waals surface area contributed by atoms with Crippen LogP contribution in [0.4, 0.5) is 11.5 Å². The van der Waals surface area contributed by atoms with Gasteiger partial charge in [-0.2, -0.15) is 0 Å². The second-order valence-corrected chi connectivity index (χ2v) is 5.23. The number of halogens is 1. The molecule has 0 saturated heterocycles. The number of hydrogen-bond donors (Lipinski definition) is 2. The summed E-state index contributed by atoms with van der Waals surface area (Å²) in [5.41, 5.74) is 8.76. The lowest BCUT2D eigenvalue weighted by Crippen LogP contribution is -2.07. The molecule has 0 atom stereocenters. The van der Waals surface area contributed by atoms with Gasteiger partial charge in [-0.3, -0.25) is 0 Å². The van der Waals surface area contributed by atoms with Crippen molar-refractivity contribution in [2.45, 2.75) is 18.6 Å². The van der Waals surface area contributed by atoms with Gasteiger partial charge >= 0.3 is 0 Å². The predicted octanol–water partition coefficient (Wildman–Crippen LogP) is 3.35. The monoisotopic (exact) mass is 294 g/mol. The highest BCUT2D eigenvalue weighted by atomic mass is 35.5. The van der Waals surface area contributed by atoms with Crippen LogP contribution < -0.4 is 11.1 Å². The van der Waals surface area contributed by atoms with E-state index in [9.17, 15) is 0 Å². The van der Waals surface area contributed by atoms with Crippen LogP contribution in [-0.2, 0) is 6.54 Å². The molecule has 19 heavy (non-hydrogen) atoms. The summed E-state index contributed by atoms with van der Waals surface area (Å²) < 4.78 is 0. The first kappa shape index (κ1) is 14.0. The molecule has 0 saturated carbocycles. The van der Waals surface area contributed by atoms with Crippen LogP contribution in [-0.4, -0.2) is 16.2 Å². The van der Waals surface area contributed by atoms with Crippen molar-refractivity contribution in [1.82, 2.24) is 9.97 Å². The fourth-order valence-electron chi connectivity index (χ4n) is 1.68. The van der Waals surface area contributed by atoms with Gasteiger partial charge in [-0.05, 0) is 24.8 Å². The van der Waals surface area contributed by atoms with Gasteiger partial charge in [0, 0.05) is 18.3 Å². The summed E-state index contributed by atoms with van der Waals surface area (Å²) in [5.74, 6) is 0.497. The number of rotatable bonds is 4. The second-order valence-electron chi connectivity index (χ2n) is 4.05. The van der Waals surface area contributed by atoms with Crippen LogP contribution in [0.3, 0.4) is 0 Å². The van der Waals surface area contributed by atoms with Crippen LogP contribution in [0.15, 0.2) is 29.6 Å². The lowest BCUT2D eigenvalue weighted by atomic mass is 10.2. The average Bonchev–Trinajstić information content (AvgIpc) is 2.39. The van der Waals surface area contributed by atoms with E-state index in [1.54, 1.807) is 6.20 Å². The van der Waals surface area contributed by atoms with Gasteiger partial charge in [0.2, 0.25) is 0 Å². The van der Waals surface area contributed by atoms with Gasteiger partial charge in [0.15, 0.2) is 5.16 Å². The normalized spacial score (nSPS) is 10.5. The maximum atomic E-state index is 6.15. The summed E-state index contributed by atoms with van der Waals surface area (Å²) in [6.07, 6.45) is 3.66. The molecule has 0 amide bonds. The SMILES string of the molecule is CSc1ncc(CNc2c(C)cccc2Cl)c(N)n1. The molecular formula is C13H15ClN4S. The molecule has 0 fully saturated rings. The minimum atomic E-state index is 0.497. The number of benzene rings is 1. The number of para-hydroxylation sites is 1. The van der Waals surface area contributed by atoms with E-state index in [1.807, 2.05) is 31.4 Å². The topological polar surface area (TPSA) is 63.8 Å². The van der Waals surface area contributed by atoms with Crippen LogP contribution in [0.2, 0.25) is 5.02 Å². The summed E-state index contributed by atoms with van der Waals surface area (Å²) in [7, 11) is 0. The second kappa shape index (κ2) is 6.12. The van der Waals surface area contributed by atoms with E-state index >= 15 is 0 Å². The Morgan fingerprint density at radius 1 is 1.42 bits per heavy atom. The minimum Gasteiger partial charge on any atom is -0.383 e. The van der Waals surface area contributed by atoms with Gasteiger partial charge in [0.1, 0.15) is 5.82 Å². The molecule has 0 aliphatic heterocycles. The van der Waals surface area contributed by atoms with E-state index in [1.165, 1.54) is 11.8 Å². The van der Waals surface area contributed by atoms with E-state index in [-0.39, 0.29) is 0 Å². The standard InChI is InChI=1S/C13H15ClN4S/c1-8-4-3-5-10(14)11(8)16-6-9-7-17-13(19-2)18-12(9)15/h3-5,7,16H,6H2,1-2H3,(H2,15,17,18). The summed E-state index contributed by atoms with van der Waals surface area (Å²) >= 11 is 7.62. The molecule has 6 heteroatoms. The number of thioether (sulfide) groups is 1. The van der Waals surface area contributed by atoms with Crippen molar-refractivity contribution >= 4 is 34.9 Å². The fourth-order valence-corrected chi connectivity index (χ4v) is 2.31.